The molecule has 0 spiro atoms. The summed E-state index contributed by atoms with van der Waals surface area (Å²) in [5.74, 6) is -0.469. The Morgan fingerprint density at radius 2 is 2.24 bits per heavy atom. The Kier molecular flexibility index (Phi) is 5.20. The number of anilines is 1. The Morgan fingerprint density at radius 3 is 2.95 bits per heavy atom. The number of rotatable bonds is 5. The van der Waals surface area contributed by atoms with Gasteiger partial charge in [-0.15, -0.1) is 0 Å². The van der Waals surface area contributed by atoms with Crippen molar-refractivity contribution in [1.29, 1.82) is 0 Å². The van der Waals surface area contributed by atoms with E-state index in [9.17, 15) is 9.59 Å². The van der Waals surface area contributed by atoms with Crippen LogP contribution in [-0.4, -0.2) is 35.1 Å². The first-order chi connectivity index (χ1) is 10.1. The summed E-state index contributed by atoms with van der Waals surface area (Å²) in [5.41, 5.74) is 2.00. The molecular formula is C16H22N2O3. The lowest BCUT2D eigenvalue weighted by atomic mass is 10.0. The van der Waals surface area contributed by atoms with Crippen LogP contribution in [0.1, 0.15) is 31.7 Å². The maximum Gasteiger partial charge on any atom is 0.321 e. The number of carboxylic acids is 1. The molecule has 1 saturated heterocycles. The van der Waals surface area contributed by atoms with Crippen LogP contribution in [0, 0.1) is 5.92 Å². The quantitative estimate of drug-likeness (QED) is 0.876. The lowest BCUT2D eigenvalue weighted by Crippen LogP contribution is -2.33. The summed E-state index contributed by atoms with van der Waals surface area (Å²) in [4.78, 5) is 24.5. The minimum absolute atomic E-state index is 0.0962. The second-order valence-corrected chi connectivity index (χ2v) is 5.52. The van der Waals surface area contributed by atoms with Gasteiger partial charge < -0.3 is 15.3 Å². The minimum atomic E-state index is -0.769. The number of likely N-dealkylation sites (tertiary alicyclic amines) is 1. The van der Waals surface area contributed by atoms with Crippen LogP contribution in [-0.2, 0) is 11.2 Å². The average Bonchev–Trinajstić information content (AvgIpc) is 2.94. The summed E-state index contributed by atoms with van der Waals surface area (Å²) < 4.78 is 0. The summed E-state index contributed by atoms with van der Waals surface area (Å²) in [6.07, 6.45) is 2.64. The van der Waals surface area contributed by atoms with Crippen molar-refractivity contribution >= 4 is 17.7 Å². The number of carboxylic acid groups (broad SMARTS) is 1. The maximum absolute atomic E-state index is 12.2. The van der Waals surface area contributed by atoms with Crippen LogP contribution < -0.4 is 5.32 Å². The van der Waals surface area contributed by atoms with Gasteiger partial charge in [-0.3, -0.25) is 4.79 Å². The number of hydrogen-bond acceptors (Lipinski definition) is 2. The molecular weight excluding hydrogens is 268 g/mol. The highest BCUT2D eigenvalue weighted by molar-refractivity contribution is 5.89. The number of aliphatic carboxylic acids is 1. The second kappa shape index (κ2) is 7.11. The molecule has 5 nitrogen and oxygen atoms in total. The third-order valence-electron chi connectivity index (χ3n) is 3.93. The molecule has 1 atom stereocenters. The van der Waals surface area contributed by atoms with E-state index in [-0.39, 0.29) is 12.5 Å². The summed E-state index contributed by atoms with van der Waals surface area (Å²) >= 11 is 0. The van der Waals surface area contributed by atoms with E-state index < -0.39 is 5.97 Å². The molecule has 1 aromatic carbocycles. The van der Waals surface area contributed by atoms with Crippen molar-refractivity contribution in [3.63, 3.8) is 0 Å². The van der Waals surface area contributed by atoms with Crippen molar-refractivity contribution in [1.82, 2.24) is 4.90 Å². The highest BCUT2D eigenvalue weighted by Gasteiger charge is 2.26. The molecule has 0 radical (unpaired) electrons. The van der Waals surface area contributed by atoms with Gasteiger partial charge in [-0.1, -0.05) is 19.1 Å². The highest BCUT2D eigenvalue weighted by Crippen LogP contribution is 2.22. The zero-order valence-corrected chi connectivity index (χ0v) is 12.3. The first kappa shape index (κ1) is 15.4. The summed E-state index contributed by atoms with van der Waals surface area (Å²) in [5, 5.41) is 11.6. The SMILES string of the molecule is CCc1cccc(NC(=O)N2CCC(CCC(=O)O)C2)c1. The van der Waals surface area contributed by atoms with Gasteiger partial charge in [0, 0.05) is 25.2 Å². The molecule has 5 heteroatoms. The number of nitrogens with one attached hydrogen (secondary N) is 1. The molecule has 2 amide bonds. The molecule has 1 aliphatic heterocycles. The van der Waals surface area contributed by atoms with E-state index in [0.717, 1.165) is 18.5 Å². The lowest BCUT2D eigenvalue weighted by Gasteiger charge is -2.17. The third kappa shape index (κ3) is 4.48. The molecule has 1 heterocycles. The monoisotopic (exact) mass is 290 g/mol. The van der Waals surface area contributed by atoms with Crippen molar-refractivity contribution in [3.05, 3.63) is 29.8 Å². The molecule has 2 rings (SSSR count). The predicted octanol–water partition coefficient (Wildman–Crippen LogP) is 2.97. The minimum Gasteiger partial charge on any atom is -0.481 e. The van der Waals surface area contributed by atoms with Gasteiger partial charge in [0.1, 0.15) is 0 Å². The van der Waals surface area contributed by atoms with E-state index in [1.807, 2.05) is 24.3 Å². The zero-order valence-electron chi connectivity index (χ0n) is 12.3. The van der Waals surface area contributed by atoms with Crippen LogP contribution >= 0.6 is 0 Å². The summed E-state index contributed by atoms with van der Waals surface area (Å²) in [7, 11) is 0. The second-order valence-electron chi connectivity index (χ2n) is 5.52. The van der Waals surface area contributed by atoms with Crippen molar-refractivity contribution in [2.45, 2.75) is 32.6 Å². The maximum atomic E-state index is 12.2. The normalized spacial score (nSPS) is 17.8. The number of benzene rings is 1. The Balaban J connectivity index is 1.85. The molecule has 1 aliphatic rings. The molecule has 0 saturated carbocycles. The van der Waals surface area contributed by atoms with Crippen LogP contribution in [0.25, 0.3) is 0 Å². The van der Waals surface area contributed by atoms with Gasteiger partial charge in [0.15, 0.2) is 0 Å². The van der Waals surface area contributed by atoms with Gasteiger partial charge in [0.25, 0.3) is 0 Å². The highest BCUT2D eigenvalue weighted by atomic mass is 16.4. The average molecular weight is 290 g/mol. The van der Waals surface area contributed by atoms with Gasteiger partial charge >= 0.3 is 12.0 Å². The number of nitrogens with zero attached hydrogens (tertiary/aromatic N) is 1. The van der Waals surface area contributed by atoms with Crippen LogP contribution in [0.4, 0.5) is 10.5 Å². The van der Waals surface area contributed by atoms with Gasteiger partial charge in [-0.05, 0) is 42.9 Å². The molecule has 2 N–H and O–H groups in total. The van der Waals surface area contributed by atoms with E-state index in [1.165, 1.54) is 5.56 Å². The van der Waals surface area contributed by atoms with Gasteiger partial charge in [-0.25, -0.2) is 4.79 Å². The number of carbonyl (C=O) groups excluding carboxylic acids is 1. The van der Waals surface area contributed by atoms with Crippen molar-refractivity contribution in [2.75, 3.05) is 18.4 Å². The summed E-state index contributed by atoms with van der Waals surface area (Å²) in [6.45, 7) is 3.42. The van der Waals surface area contributed by atoms with Crippen LogP contribution in [0.5, 0.6) is 0 Å². The number of hydrogen-bond donors (Lipinski definition) is 2. The smallest absolute Gasteiger partial charge is 0.321 e. The largest absolute Gasteiger partial charge is 0.481 e. The fourth-order valence-electron chi connectivity index (χ4n) is 2.65. The molecule has 1 unspecified atom stereocenters. The fourth-order valence-corrected chi connectivity index (χ4v) is 2.65. The first-order valence-electron chi connectivity index (χ1n) is 7.45. The van der Waals surface area contributed by atoms with Crippen molar-refractivity contribution < 1.29 is 14.7 Å². The van der Waals surface area contributed by atoms with Gasteiger partial charge in [-0.2, -0.15) is 0 Å². The lowest BCUT2D eigenvalue weighted by molar-refractivity contribution is -0.137. The molecule has 21 heavy (non-hydrogen) atoms. The predicted molar refractivity (Wildman–Crippen MR) is 81.4 cm³/mol. The molecule has 0 aromatic heterocycles. The van der Waals surface area contributed by atoms with Crippen LogP contribution in [0.3, 0.4) is 0 Å². The third-order valence-corrected chi connectivity index (χ3v) is 3.93. The number of carbonyl (C=O) groups is 2. The topological polar surface area (TPSA) is 69.6 Å². The van der Waals surface area contributed by atoms with Crippen LogP contribution in [0.15, 0.2) is 24.3 Å². The first-order valence-corrected chi connectivity index (χ1v) is 7.45. The zero-order chi connectivity index (χ0) is 15.2. The Hall–Kier alpha value is -2.04. The standard InChI is InChI=1S/C16H22N2O3/c1-2-12-4-3-5-14(10-12)17-16(21)18-9-8-13(11-18)6-7-15(19)20/h3-5,10,13H,2,6-9,11H2,1H3,(H,17,21)(H,19,20). The van der Waals surface area contributed by atoms with Gasteiger partial charge in [0.05, 0.1) is 0 Å². The Bertz CT molecular complexity index is 516. The molecule has 0 bridgehead atoms. The molecule has 1 aromatic rings. The molecule has 0 aliphatic carbocycles. The molecule has 114 valence electrons. The van der Waals surface area contributed by atoms with E-state index in [1.54, 1.807) is 4.90 Å². The van der Waals surface area contributed by atoms with E-state index >= 15 is 0 Å². The van der Waals surface area contributed by atoms with Crippen molar-refractivity contribution in [3.8, 4) is 0 Å². The number of urea groups is 1. The number of aryl methyl sites for hydroxylation is 1. The van der Waals surface area contributed by atoms with E-state index in [2.05, 4.69) is 12.2 Å². The van der Waals surface area contributed by atoms with E-state index in [0.29, 0.717) is 25.4 Å². The van der Waals surface area contributed by atoms with Crippen molar-refractivity contribution in [2.24, 2.45) is 5.92 Å². The fraction of sp³-hybridized carbons (Fsp3) is 0.500. The molecule has 1 fully saturated rings. The van der Waals surface area contributed by atoms with Crippen LogP contribution in [0.2, 0.25) is 0 Å². The number of amides is 2. The van der Waals surface area contributed by atoms with E-state index in [4.69, 9.17) is 5.11 Å². The summed E-state index contributed by atoms with van der Waals surface area (Å²) in [6, 6.07) is 7.74. The van der Waals surface area contributed by atoms with Gasteiger partial charge in [0.2, 0.25) is 0 Å². The Morgan fingerprint density at radius 1 is 1.43 bits per heavy atom. The Labute approximate surface area is 125 Å².